The molecular weight excluding hydrogens is 251 g/mol. The summed E-state index contributed by atoms with van der Waals surface area (Å²) in [5, 5.41) is 13.1. The van der Waals surface area contributed by atoms with Gasteiger partial charge in [0.05, 0.1) is 0 Å². The molecule has 1 rings (SSSR count). The summed E-state index contributed by atoms with van der Waals surface area (Å²) < 4.78 is 0. The Hall–Kier alpha value is -0.810. The Balaban J connectivity index is 2.52. The lowest BCUT2D eigenvalue weighted by atomic mass is 10.2. The highest BCUT2D eigenvalue weighted by Gasteiger charge is 2.11. The van der Waals surface area contributed by atoms with E-state index in [2.05, 4.69) is 5.32 Å². The Morgan fingerprint density at radius 3 is 2.50 bits per heavy atom. The third kappa shape index (κ3) is 3.64. The van der Waals surface area contributed by atoms with Crippen molar-refractivity contribution in [3.05, 3.63) is 33.8 Å². The van der Waals surface area contributed by atoms with Gasteiger partial charge in [-0.1, -0.05) is 29.3 Å². The molecule has 88 valence electrons. The van der Waals surface area contributed by atoms with Crippen LogP contribution in [0, 0.1) is 0 Å². The largest absolute Gasteiger partial charge is 0.382 e. The molecule has 0 heterocycles. The Labute approximate surface area is 103 Å². The van der Waals surface area contributed by atoms with Gasteiger partial charge >= 0.3 is 0 Å². The topological polar surface area (TPSA) is 75.4 Å². The number of benzene rings is 1. The number of nitrogens with one attached hydrogen (secondary N) is 1. The molecule has 1 aromatic carbocycles. The molecule has 0 fully saturated rings. The zero-order chi connectivity index (χ0) is 12.1. The molecule has 0 radical (unpaired) electrons. The fourth-order valence-corrected chi connectivity index (χ4v) is 1.67. The molecule has 0 aliphatic rings. The lowest BCUT2D eigenvalue weighted by Crippen LogP contribution is -2.37. The molecule has 0 aromatic heterocycles. The molecule has 0 spiro atoms. The zero-order valence-electron chi connectivity index (χ0n) is 8.41. The predicted molar refractivity (Wildman–Crippen MR) is 63.4 cm³/mol. The van der Waals surface area contributed by atoms with Crippen LogP contribution in [0.3, 0.4) is 0 Å². The zero-order valence-corrected chi connectivity index (χ0v) is 9.92. The Morgan fingerprint density at radius 1 is 1.44 bits per heavy atom. The molecule has 0 aliphatic carbocycles. The number of rotatable bonds is 5. The molecule has 16 heavy (non-hydrogen) atoms. The van der Waals surface area contributed by atoms with Gasteiger partial charge in [0, 0.05) is 28.7 Å². The van der Waals surface area contributed by atoms with Crippen LogP contribution in [0.5, 0.6) is 0 Å². The fourth-order valence-electron chi connectivity index (χ4n) is 1.14. The summed E-state index contributed by atoms with van der Waals surface area (Å²) in [5.41, 5.74) is 5.62. The van der Waals surface area contributed by atoms with E-state index in [0.717, 1.165) is 5.56 Å². The van der Waals surface area contributed by atoms with E-state index in [1.807, 2.05) is 0 Å². The van der Waals surface area contributed by atoms with E-state index in [9.17, 15) is 4.79 Å². The van der Waals surface area contributed by atoms with Crippen molar-refractivity contribution in [2.45, 2.75) is 12.6 Å². The van der Waals surface area contributed by atoms with Crippen molar-refractivity contribution in [1.82, 2.24) is 5.32 Å². The molecular formula is C10H12Cl2N2O2. The second-order valence-electron chi connectivity index (χ2n) is 3.25. The van der Waals surface area contributed by atoms with Crippen molar-refractivity contribution in [2.24, 2.45) is 5.73 Å². The van der Waals surface area contributed by atoms with Crippen LogP contribution < -0.4 is 11.1 Å². The predicted octanol–water partition coefficient (Wildman–Crippen LogP) is 0.929. The number of aliphatic hydroxyl groups excluding tert-OH is 1. The summed E-state index contributed by atoms with van der Waals surface area (Å²) >= 11 is 11.9. The molecule has 1 amide bonds. The van der Waals surface area contributed by atoms with Gasteiger partial charge in [0.1, 0.15) is 6.10 Å². The number of halogens is 2. The molecule has 0 aliphatic heterocycles. The Morgan fingerprint density at radius 2 is 2.00 bits per heavy atom. The van der Waals surface area contributed by atoms with E-state index in [1.54, 1.807) is 18.2 Å². The van der Waals surface area contributed by atoms with E-state index in [0.29, 0.717) is 16.6 Å². The van der Waals surface area contributed by atoms with Crippen molar-refractivity contribution in [2.75, 3.05) is 6.54 Å². The van der Waals surface area contributed by atoms with Crippen molar-refractivity contribution in [1.29, 1.82) is 0 Å². The first kappa shape index (κ1) is 13.3. The minimum atomic E-state index is -1.21. The summed E-state index contributed by atoms with van der Waals surface area (Å²) in [4.78, 5) is 10.6. The number of hydrogen-bond donors (Lipinski definition) is 3. The normalized spacial score (nSPS) is 12.4. The maximum Gasteiger partial charge on any atom is 0.247 e. The van der Waals surface area contributed by atoms with Crippen molar-refractivity contribution in [3.8, 4) is 0 Å². The van der Waals surface area contributed by atoms with E-state index < -0.39 is 12.0 Å². The van der Waals surface area contributed by atoms with E-state index >= 15 is 0 Å². The number of carbonyl (C=O) groups excluding carboxylic acids is 1. The number of aliphatic hydroxyl groups is 1. The lowest BCUT2D eigenvalue weighted by molar-refractivity contribution is -0.125. The summed E-state index contributed by atoms with van der Waals surface area (Å²) in [7, 11) is 0. The van der Waals surface area contributed by atoms with Gasteiger partial charge in [0.15, 0.2) is 0 Å². The molecule has 1 aromatic rings. The van der Waals surface area contributed by atoms with Gasteiger partial charge in [-0.3, -0.25) is 4.79 Å². The molecule has 1 unspecified atom stereocenters. The molecule has 4 N–H and O–H groups in total. The van der Waals surface area contributed by atoms with Crippen LogP contribution in [0.25, 0.3) is 0 Å². The van der Waals surface area contributed by atoms with Crippen LogP contribution in [0.1, 0.15) is 5.56 Å². The third-order valence-electron chi connectivity index (χ3n) is 2.03. The van der Waals surface area contributed by atoms with Crippen LogP contribution in [-0.2, 0) is 11.3 Å². The third-order valence-corrected chi connectivity index (χ3v) is 2.74. The van der Waals surface area contributed by atoms with Crippen LogP contribution >= 0.6 is 23.2 Å². The maximum absolute atomic E-state index is 10.6. The van der Waals surface area contributed by atoms with Crippen LogP contribution in [0.4, 0.5) is 0 Å². The second kappa shape index (κ2) is 6.06. The standard InChI is InChI=1S/C10H12Cl2N2O2/c11-7-2-1-3-8(12)6(7)4-14-5-9(15)10(13)16/h1-3,9,14-15H,4-5H2,(H2,13,16). The van der Waals surface area contributed by atoms with Gasteiger partial charge in [0.25, 0.3) is 0 Å². The summed E-state index contributed by atoms with van der Waals surface area (Å²) in [6.07, 6.45) is -1.21. The first-order valence-corrected chi connectivity index (χ1v) is 5.39. The molecule has 6 heteroatoms. The van der Waals surface area contributed by atoms with Gasteiger partial charge < -0.3 is 16.2 Å². The van der Waals surface area contributed by atoms with Gasteiger partial charge in [0.2, 0.25) is 5.91 Å². The minimum absolute atomic E-state index is 0.0664. The van der Waals surface area contributed by atoms with Crippen molar-refractivity contribution in [3.63, 3.8) is 0 Å². The maximum atomic E-state index is 10.6. The Kier molecular flexibility index (Phi) is 5.02. The van der Waals surface area contributed by atoms with Gasteiger partial charge in [-0.05, 0) is 12.1 Å². The molecule has 0 bridgehead atoms. The fraction of sp³-hybridized carbons (Fsp3) is 0.300. The lowest BCUT2D eigenvalue weighted by Gasteiger charge is -2.10. The molecule has 0 saturated heterocycles. The van der Waals surface area contributed by atoms with E-state index in [1.165, 1.54) is 0 Å². The number of hydrogen-bond acceptors (Lipinski definition) is 3. The molecule has 4 nitrogen and oxygen atoms in total. The SMILES string of the molecule is NC(=O)C(O)CNCc1c(Cl)cccc1Cl. The highest BCUT2D eigenvalue weighted by Crippen LogP contribution is 2.23. The van der Waals surface area contributed by atoms with Gasteiger partial charge in [-0.2, -0.15) is 0 Å². The summed E-state index contributed by atoms with van der Waals surface area (Å²) in [6.45, 7) is 0.430. The highest BCUT2D eigenvalue weighted by molar-refractivity contribution is 6.35. The van der Waals surface area contributed by atoms with Crippen molar-refractivity contribution < 1.29 is 9.90 Å². The smallest absolute Gasteiger partial charge is 0.247 e. The number of carbonyl (C=O) groups is 1. The van der Waals surface area contributed by atoms with E-state index in [4.69, 9.17) is 34.0 Å². The summed E-state index contributed by atoms with van der Waals surface area (Å²) in [6, 6.07) is 5.18. The highest BCUT2D eigenvalue weighted by atomic mass is 35.5. The van der Waals surface area contributed by atoms with Crippen LogP contribution in [0.2, 0.25) is 10.0 Å². The Bertz CT molecular complexity index is 365. The average molecular weight is 263 g/mol. The summed E-state index contributed by atoms with van der Waals surface area (Å²) in [5.74, 6) is -0.766. The minimum Gasteiger partial charge on any atom is -0.382 e. The first-order chi connectivity index (χ1) is 7.52. The van der Waals surface area contributed by atoms with Crippen LogP contribution in [0.15, 0.2) is 18.2 Å². The molecule has 0 saturated carbocycles. The van der Waals surface area contributed by atoms with Gasteiger partial charge in [-0.15, -0.1) is 0 Å². The quantitative estimate of drug-likeness (QED) is 0.739. The second-order valence-corrected chi connectivity index (χ2v) is 4.06. The van der Waals surface area contributed by atoms with Gasteiger partial charge in [-0.25, -0.2) is 0 Å². The number of nitrogens with two attached hydrogens (primary N) is 1. The van der Waals surface area contributed by atoms with E-state index in [-0.39, 0.29) is 6.54 Å². The first-order valence-electron chi connectivity index (χ1n) is 4.63. The number of primary amides is 1. The average Bonchev–Trinajstić information content (AvgIpc) is 2.22. The number of amides is 1. The van der Waals surface area contributed by atoms with Crippen LogP contribution in [-0.4, -0.2) is 23.7 Å². The monoisotopic (exact) mass is 262 g/mol. The molecule has 1 atom stereocenters. The van der Waals surface area contributed by atoms with Crippen molar-refractivity contribution >= 4 is 29.1 Å².